The molecule has 2 rings (SSSR count). The number of unbranched alkanes of at least 4 members (excludes halogenated alkanes) is 1. The molecule has 0 saturated heterocycles. The summed E-state index contributed by atoms with van der Waals surface area (Å²) in [6.45, 7) is 1.41. The van der Waals surface area contributed by atoms with Crippen molar-refractivity contribution in [1.82, 2.24) is 19.9 Å². The number of carbonyl (C=O) groups is 2. The van der Waals surface area contributed by atoms with Crippen LogP contribution in [0.2, 0.25) is 0 Å². The van der Waals surface area contributed by atoms with E-state index in [4.69, 9.17) is 5.11 Å². The number of rotatable bonds is 7. The third-order valence-corrected chi connectivity index (χ3v) is 2.93. The number of nitrogens with one attached hydrogen (secondary N) is 1. The van der Waals surface area contributed by atoms with Gasteiger partial charge < -0.3 is 15.0 Å². The Labute approximate surface area is 121 Å². The molecule has 7 nitrogen and oxygen atoms in total. The third-order valence-electron chi connectivity index (χ3n) is 2.93. The van der Waals surface area contributed by atoms with Crippen molar-refractivity contribution >= 4 is 11.9 Å². The number of carbonyl (C=O) groups excluding carboxylic acids is 1. The molecule has 0 radical (unpaired) electrons. The molecule has 1 amide bonds. The molecular weight excluding hydrogens is 272 g/mol. The first-order valence-electron chi connectivity index (χ1n) is 6.60. The number of pyridine rings is 1. The molecule has 0 aliphatic rings. The van der Waals surface area contributed by atoms with Gasteiger partial charge in [0.15, 0.2) is 0 Å². The van der Waals surface area contributed by atoms with Crippen LogP contribution in [0.25, 0.3) is 0 Å². The van der Waals surface area contributed by atoms with Crippen LogP contribution in [0.15, 0.2) is 37.1 Å². The normalized spacial score (nSPS) is 10.3. The van der Waals surface area contributed by atoms with Crippen molar-refractivity contribution in [2.24, 2.45) is 0 Å². The zero-order valence-electron chi connectivity index (χ0n) is 11.4. The molecule has 0 spiro atoms. The first kappa shape index (κ1) is 14.7. The molecule has 2 aromatic heterocycles. The summed E-state index contributed by atoms with van der Waals surface area (Å²) in [6.07, 6.45) is 8.34. The lowest BCUT2D eigenvalue weighted by molar-refractivity contribution is 0.0695. The van der Waals surface area contributed by atoms with Crippen molar-refractivity contribution < 1.29 is 14.7 Å². The summed E-state index contributed by atoms with van der Waals surface area (Å²) in [5, 5.41) is 11.5. The number of imidazole rings is 1. The lowest BCUT2D eigenvalue weighted by Gasteiger charge is -2.05. The van der Waals surface area contributed by atoms with Crippen LogP contribution in [0.5, 0.6) is 0 Å². The zero-order valence-corrected chi connectivity index (χ0v) is 11.4. The summed E-state index contributed by atoms with van der Waals surface area (Å²) in [5.41, 5.74) is 0.279. The molecule has 2 N–H and O–H groups in total. The van der Waals surface area contributed by atoms with Gasteiger partial charge in [-0.05, 0) is 25.0 Å². The van der Waals surface area contributed by atoms with Crippen molar-refractivity contribution in [3.8, 4) is 0 Å². The van der Waals surface area contributed by atoms with Gasteiger partial charge in [-0.2, -0.15) is 0 Å². The Bertz CT molecular complexity index is 593. The first-order chi connectivity index (χ1) is 10.2. The molecule has 2 heterocycles. The zero-order chi connectivity index (χ0) is 15.1. The van der Waals surface area contributed by atoms with E-state index >= 15 is 0 Å². The lowest BCUT2D eigenvalue weighted by atomic mass is 10.2. The molecule has 7 heteroatoms. The van der Waals surface area contributed by atoms with E-state index in [-0.39, 0.29) is 17.2 Å². The fraction of sp³-hybridized carbons (Fsp3) is 0.286. The minimum Gasteiger partial charge on any atom is -0.478 e. The molecule has 0 unspecified atom stereocenters. The number of aromatic nitrogens is 3. The topological polar surface area (TPSA) is 97.1 Å². The summed E-state index contributed by atoms with van der Waals surface area (Å²) in [6, 6.07) is 2.77. The Morgan fingerprint density at radius 3 is 2.76 bits per heavy atom. The average Bonchev–Trinajstić information content (AvgIpc) is 3.00. The predicted octanol–water partition coefficient (Wildman–Crippen LogP) is 1.19. The van der Waals surface area contributed by atoms with Crippen LogP contribution in [-0.2, 0) is 6.54 Å². The van der Waals surface area contributed by atoms with Gasteiger partial charge in [0.2, 0.25) is 0 Å². The Kier molecular flexibility index (Phi) is 5.03. The van der Waals surface area contributed by atoms with E-state index < -0.39 is 5.97 Å². The summed E-state index contributed by atoms with van der Waals surface area (Å²) in [4.78, 5) is 30.2. The largest absolute Gasteiger partial charge is 0.478 e. The van der Waals surface area contributed by atoms with Crippen LogP contribution in [0.3, 0.4) is 0 Å². The van der Waals surface area contributed by atoms with Crippen molar-refractivity contribution in [2.45, 2.75) is 19.4 Å². The quantitative estimate of drug-likeness (QED) is 0.746. The molecule has 0 fully saturated rings. The fourth-order valence-electron chi connectivity index (χ4n) is 1.79. The molecule has 0 bridgehead atoms. The van der Waals surface area contributed by atoms with Crippen LogP contribution >= 0.6 is 0 Å². The Balaban J connectivity index is 1.70. The number of hydrogen-bond acceptors (Lipinski definition) is 4. The molecule has 110 valence electrons. The van der Waals surface area contributed by atoms with Gasteiger partial charge in [0.25, 0.3) is 5.91 Å². The van der Waals surface area contributed by atoms with Crippen LogP contribution < -0.4 is 5.32 Å². The number of carboxylic acids is 1. The highest BCUT2D eigenvalue weighted by atomic mass is 16.4. The van der Waals surface area contributed by atoms with Crippen molar-refractivity contribution in [3.63, 3.8) is 0 Å². The standard InChI is InChI=1S/C14H16N4O3/c19-13(12-4-3-11(9-17-12)14(20)21)16-5-1-2-7-18-8-6-15-10-18/h3-4,6,8-10H,1-2,5,7H2,(H,16,19)(H,20,21). The third kappa shape index (κ3) is 4.41. The van der Waals surface area contributed by atoms with Gasteiger partial charge in [0, 0.05) is 31.7 Å². The van der Waals surface area contributed by atoms with Gasteiger partial charge in [-0.3, -0.25) is 9.78 Å². The van der Waals surface area contributed by atoms with Crippen LogP contribution in [0.1, 0.15) is 33.7 Å². The molecule has 0 aromatic carbocycles. The number of aromatic carboxylic acids is 1. The van der Waals surface area contributed by atoms with Gasteiger partial charge in [0.05, 0.1) is 11.9 Å². The fourth-order valence-corrected chi connectivity index (χ4v) is 1.79. The monoisotopic (exact) mass is 288 g/mol. The second-order valence-electron chi connectivity index (χ2n) is 4.50. The molecule has 0 aliphatic carbocycles. The predicted molar refractivity (Wildman–Crippen MR) is 75.0 cm³/mol. The van der Waals surface area contributed by atoms with Crippen molar-refractivity contribution in [3.05, 3.63) is 48.3 Å². The van der Waals surface area contributed by atoms with Gasteiger partial charge in [0.1, 0.15) is 5.69 Å². The summed E-state index contributed by atoms with van der Waals surface area (Å²) in [5.74, 6) is -1.36. The summed E-state index contributed by atoms with van der Waals surface area (Å²) < 4.78 is 1.98. The van der Waals surface area contributed by atoms with Gasteiger partial charge in [-0.1, -0.05) is 0 Å². The number of hydrogen-bond donors (Lipinski definition) is 2. The Morgan fingerprint density at radius 1 is 1.29 bits per heavy atom. The van der Waals surface area contributed by atoms with Gasteiger partial charge in [-0.25, -0.2) is 9.78 Å². The van der Waals surface area contributed by atoms with E-state index in [0.717, 1.165) is 19.4 Å². The highest BCUT2D eigenvalue weighted by Gasteiger charge is 2.08. The van der Waals surface area contributed by atoms with Crippen LogP contribution in [0, 0.1) is 0 Å². The maximum Gasteiger partial charge on any atom is 0.337 e. The molecule has 2 aromatic rings. The second-order valence-corrected chi connectivity index (χ2v) is 4.50. The lowest BCUT2D eigenvalue weighted by Crippen LogP contribution is -2.25. The summed E-state index contributed by atoms with van der Waals surface area (Å²) in [7, 11) is 0. The average molecular weight is 288 g/mol. The summed E-state index contributed by atoms with van der Waals surface area (Å²) >= 11 is 0. The smallest absolute Gasteiger partial charge is 0.337 e. The first-order valence-corrected chi connectivity index (χ1v) is 6.60. The SMILES string of the molecule is O=C(O)c1ccc(C(=O)NCCCCn2ccnc2)nc1. The molecular formula is C14H16N4O3. The van der Waals surface area contributed by atoms with E-state index in [1.165, 1.54) is 18.3 Å². The van der Waals surface area contributed by atoms with Crippen LogP contribution in [0.4, 0.5) is 0 Å². The molecule has 21 heavy (non-hydrogen) atoms. The van der Waals surface area contributed by atoms with Crippen LogP contribution in [-0.4, -0.2) is 38.1 Å². The number of nitrogens with zero attached hydrogens (tertiary/aromatic N) is 3. The highest BCUT2D eigenvalue weighted by Crippen LogP contribution is 2.01. The minimum atomic E-state index is -1.06. The maximum atomic E-state index is 11.8. The van der Waals surface area contributed by atoms with Crippen molar-refractivity contribution in [2.75, 3.05) is 6.54 Å². The van der Waals surface area contributed by atoms with Crippen molar-refractivity contribution in [1.29, 1.82) is 0 Å². The molecule has 0 aliphatic heterocycles. The van der Waals surface area contributed by atoms with Gasteiger partial charge >= 0.3 is 5.97 Å². The Morgan fingerprint density at radius 2 is 2.14 bits per heavy atom. The maximum absolute atomic E-state index is 11.8. The highest BCUT2D eigenvalue weighted by molar-refractivity contribution is 5.93. The second kappa shape index (κ2) is 7.18. The number of amides is 1. The van der Waals surface area contributed by atoms with E-state index in [0.29, 0.717) is 6.54 Å². The van der Waals surface area contributed by atoms with E-state index in [1.54, 1.807) is 12.5 Å². The Hall–Kier alpha value is -2.70. The van der Waals surface area contributed by atoms with E-state index in [2.05, 4.69) is 15.3 Å². The number of aryl methyl sites for hydroxylation is 1. The van der Waals surface area contributed by atoms with Gasteiger partial charge in [-0.15, -0.1) is 0 Å². The minimum absolute atomic E-state index is 0.0619. The van der Waals surface area contributed by atoms with E-state index in [1.807, 2.05) is 10.8 Å². The number of carboxylic acid groups (broad SMARTS) is 1. The molecule has 0 saturated carbocycles. The van der Waals surface area contributed by atoms with E-state index in [9.17, 15) is 9.59 Å². The molecule has 0 atom stereocenters.